The molecule has 1 fully saturated rings. The number of primary amides is 1. The number of rotatable bonds is 6. The molecule has 152 valence electrons. The summed E-state index contributed by atoms with van der Waals surface area (Å²) in [7, 11) is 0. The summed E-state index contributed by atoms with van der Waals surface area (Å²) in [4.78, 5) is 38.4. The number of amides is 3. The van der Waals surface area contributed by atoms with Gasteiger partial charge in [-0.15, -0.1) is 0 Å². The van der Waals surface area contributed by atoms with E-state index < -0.39 is 5.91 Å². The lowest BCUT2D eigenvalue weighted by Crippen LogP contribution is -2.31. The molecule has 3 amide bonds. The van der Waals surface area contributed by atoms with Gasteiger partial charge in [-0.25, -0.2) is 0 Å². The van der Waals surface area contributed by atoms with E-state index >= 15 is 0 Å². The van der Waals surface area contributed by atoms with Crippen LogP contribution in [0.25, 0.3) is 0 Å². The Balaban J connectivity index is 1.60. The zero-order valence-electron chi connectivity index (χ0n) is 16.3. The van der Waals surface area contributed by atoms with Crippen LogP contribution in [0.2, 0.25) is 0 Å². The summed E-state index contributed by atoms with van der Waals surface area (Å²) >= 11 is 0. The van der Waals surface area contributed by atoms with E-state index in [2.05, 4.69) is 10.6 Å². The first kappa shape index (κ1) is 20.4. The van der Waals surface area contributed by atoms with Crippen LogP contribution in [0.15, 0.2) is 48.5 Å². The fourth-order valence-corrected chi connectivity index (χ4v) is 3.42. The lowest BCUT2D eigenvalue weighted by molar-refractivity contribution is -0.114. The predicted octanol–water partition coefficient (Wildman–Crippen LogP) is 2.85. The average Bonchev–Trinajstić information content (AvgIpc) is 3.01. The number of nitrogens with zero attached hydrogens (tertiary/aromatic N) is 1. The van der Waals surface area contributed by atoms with Gasteiger partial charge in [0.05, 0.1) is 12.1 Å². The Labute approximate surface area is 170 Å². The molecule has 2 aromatic rings. The molecule has 1 heterocycles. The van der Waals surface area contributed by atoms with Crippen molar-refractivity contribution in [2.45, 2.75) is 25.7 Å². The number of benzene rings is 2. The highest BCUT2D eigenvalue weighted by Gasteiger charge is 2.17. The van der Waals surface area contributed by atoms with Crippen LogP contribution < -0.4 is 16.4 Å². The molecule has 0 aromatic heterocycles. The summed E-state index contributed by atoms with van der Waals surface area (Å²) in [5.74, 6) is -0.853. The number of carbonyl (C=O) groups excluding carboxylic acids is 3. The van der Waals surface area contributed by atoms with Crippen LogP contribution in [0.5, 0.6) is 0 Å². The van der Waals surface area contributed by atoms with Gasteiger partial charge >= 0.3 is 0 Å². The molecule has 3 rings (SSSR count). The first-order valence-electron chi connectivity index (χ1n) is 9.86. The zero-order chi connectivity index (χ0) is 20.6. The second-order valence-electron chi connectivity index (χ2n) is 7.10. The quantitative estimate of drug-likeness (QED) is 0.701. The van der Waals surface area contributed by atoms with Gasteiger partial charge in [0.25, 0.3) is 11.8 Å². The van der Waals surface area contributed by atoms with Crippen LogP contribution in [0.1, 0.15) is 46.4 Å². The first-order chi connectivity index (χ1) is 14.0. The third-order valence-corrected chi connectivity index (χ3v) is 4.92. The molecular formula is C22H26N4O3. The van der Waals surface area contributed by atoms with E-state index in [1.807, 2.05) is 4.90 Å². The van der Waals surface area contributed by atoms with Gasteiger partial charge in [0.1, 0.15) is 0 Å². The zero-order valence-corrected chi connectivity index (χ0v) is 16.3. The normalized spacial score (nSPS) is 14.0. The number of anilines is 2. The van der Waals surface area contributed by atoms with E-state index in [0.29, 0.717) is 22.5 Å². The van der Waals surface area contributed by atoms with Crippen LogP contribution in [-0.4, -0.2) is 42.3 Å². The number of carbonyl (C=O) groups is 3. The molecule has 1 aliphatic rings. The molecule has 0 atom stereocenters. The molecule has 0 bridgehead atoms. The van der Waals surface area contributed by atoms with Crippen molar-refractivity contribution >= 4 is 29.1 Å². The highest BCUT2D eigenvalue weighted by atomic mass is 16.2. The fourth-order valence-electron chi connectivity index (χ4n) is 3.42. The van der Waals surface area contributed by atoms with Gasteiger partial charge in [-0.2, -0.15) is 0 Å². The summed E-state index contributed by atoms with van der Waals surface area (Å²) in [6.07, 6.45) is 4.37. The number of nitrogens with two attached hydrogens (primary N) is 1. The van der Waals surface area contributed by atoms with Crippen molar-refractivity contribution in [1.29, 1.82) is 0 Å². The van der Waals surface area contributed by atoms with Gasteiger partial charge in [-0.05, 0) is 43.2 Å². The molecule has 29 heavy (non-hydrogen) atoms. The highest BCUT2D eigenvalue weighted by Crippen LogP contribution is 2.17. The lowest BCUT2D eigenvalue weighted by Gasteiger charge is -2.20. The number of nitrogens with one attached hydrogen (secondary N) is 2. The SMILES string of the molecule is NC(=O)c1ccccc1NCC(=O)Nc1cccc(C(=O)N2CCCCCC2)c1. The Morgan fingerprint density at radius 3 is 2.38 bits per heavy atom. The largest absolute Gasteiger partial charge is 0.376 e. The van der Waals surface area contributed by atoms with Crippen LogP contribution in [0, 0.1) is 0 Å². The second-order valence-corrected chi connectivity index (χ2v) is 7.10. The third kappa shape index (κ3) is 5.57. The maximum absolute atomic E-state index is 12.8. The van der Waals surface area contributed by atoms with Gasteiger partial charge in [0, 0.05) is 30.0 Å². The Kier molecular flexibility index (Phi) is 6.84. The third-order valence-electron chi connectivity index (χ3n) is 4.92. The van der Waals surface area contributed by atoms with Crippen molar-refractivity contribution < 1.29 is 14.4 Å². The summed E-state index contributed by atoms with van der Waals surface area (Å²) < 4.78 is 0. The summed E-state index contributed by atoms with van der Waals surface area (Å²) in [6, 6.07) is 13.7. The summed E-state index contributed by atoms with van der Waals surface area (Å²) in [6.45, 7) is 1.52. The molecule has 1 aliphatic heterocycles. The van der Waals surface area contributed by atoms with Gasteiger partial charge in [0.2, 0.25) is 5.91 Å². The monoisotopic (exact) mass is 394 g/mol. The molecule has 7 heteroatoms. The number of hydrogen-bond donors (Lipinski definition) is 3. The van der Waals surface area contributed by atoms with Crippen LogP contribution in [0.4, 0.5) is 11.4 Å². The van der Waals surface area contributed by atoms with E-state index in [1.54, 1.807) is 48.5 Å². The van der Waals surface area contributed by atoms with Crippen molar-refractivity contribution in [3.8, 4) is 0 Å². The van der Waals surface area contributed by atoms with Crippen molar-refractivity contribution in [1.82, 2.24) is 4.90 Å². The maximum Gasteiger partial charge on any atom is 0.253 e. The van der Waals surface area contributed by atoms with Gasteiger partial charge in [-0.3, -0.25) is 14.4 Å². The molecule has 0 spiro atoms. The second kappa shape index (κ2) is 9.73. The Hall–Kier alpha value is -3.35. The van der Waals surface area contributed by atoms with Crippen molar-refractivity contribution in [3.63, 3.8) is 0 Å². The predicted molar refractivity (Wildman–Crippen MR) is 113 cm³/mol. The van der Waals surface area contributed by atoms with E-state index in [0.717, 1.165) is 38.8 Å². The Bertz CT molecular complexity index is 889. The van der Waals surface area contributed by atoms with Crippen molar-refractivity contribution in [2.75, 3.05) is 30.3 Å². The molecular weight excluding hydrogens is 368 g/mol. The van der Waals surface area contributed by atoms with Gasteiger partial charge in [0.15, 0.2) is 0 Å². The lowest BCUT2D eigenvalue weighted by atomic mass is 10.1. The smallest absolute Gasteiger partial charge is 0.253 e. The van der Waals surface area contributed by atoms with Crippen LogP contribution in [0.3, 0.4) is 0 Å². The van der Waals surface area contributed by atoms with Crippen molar-refractivity contribution in [2.24, 2.45) is 5.73 Å². The molecule has 2 aromatic carbocycles. The minimum atomic E-state index is -0.562. The highest BCUT2D eigenvalue weighted by molar-refractivity contribution is 6.00. The van der Waals surface area contributed by atoms with Crippen LogP contribution >= 0.6 is 0 Å². The molecule has 0 radical (unpaired) electrons. The van der Waals surface area contributed by atoms with Gasteiger partial charge < -0.3 is 21.3 Å². The van der Waals surface area contributed by atoms with Crippen molar-refractivity contribution in [3.05, 3.63) is 59.7 Å². The Morgan fingerprint density at radius 1 is 0.931 bits per heavy atom. The number of hydrogen-bond acceptors (Lipinski definition) is 4. The topological polar surface area (TPSA) is 105 Å². The standard InChI is InChI=1S/C22H26N4O3/c23-21(28)18-10-3-4-11-19(18)24-15-20(27)25-17-9-7-8-16(14-17)22(29)26-12-5-1-2-6-13-26/h3-4,7-11,14,24H,1-2,5-6,12-13,15H2,(H2,23,28)(H,25,27). The van der Waals surface area contributed by atoms with E-state index in [1.165, 1.54) is 0 Å². The van der Waals surface area contributed by atoms with E-state index in [4.69, 9.17) is 5.73 Å². The van der Waals surface area contributed by atoms with E-state index in [-0.39, 0.29) is 18.4 Å². The first-order valence-corrected chi connectivity index (χ1v) is 9.86. The molecule has 0 aliphatic carbocycles. The number of likely N-dealkylation sites (tertiary alicyclic amines) is 1. The molecule has 7 nitrogen and oxygen atoms in total. The molecule has 1 saturated heterocycles. The minimum absolute atomic E-state index is 0.00323. The molecule has 4 N–H and O–H groups in total. The Morgan fingerprint density at radius 2 is 1.66 bits per heavy atom. The van der Waals surface area contributed by atoms with E-state index in [9.17, 15) is 14.4 Å². The van der Waals surface area contributed by atoms with Crippen LogP contribution in [-0.2, 0) is 4.79 Å². The molecule has 0 unspecified atom stereocenters. The summed E-state index contributed by atoms with van der Waals surface area (Å²) in [5, 5.41) is 5.71. The minimum Gasteiger partial charge on any atom is -0.376 e. The average molecular weight is 394 g/mol. The maximum atomic E-state index is 12.8. The van der Waals surface area contributed by atoms with Gasteiger partial charge in [-0.1, -0.05) is 31.0 Å². The molecule has 0 saturated carbocycles. The summed E-state index contributed by atoms with van der Waals surface area (Å²) in [5.41, 5.74) is 7.29. The number of para-hydroxylation sites is 1. The fraction of sp³-hybridized carbons (Fsp3) is 0.318.